The van der Waals surface area contributed by atoms with E-state index in [1.807, 2.05) is 13.8 Å². The minimum atomic E-state index is -1.03. The number of carbonyl (C=O) groups excluding carboxylic acids is 1. The zero-order chi connectivity index (χ0) is 22.9. The zero-order valence-corrected chi connectivity index (χ0v) is 19.9. The molecule has 0 aromatic rings. The Morgan fingerprint density at radius 3 is 2.56 bits per heavy atom. The van der Waals surface area contributed by atoms with Crippen molar-refractivity contribution in [2.45, 2.75) is 102 Å². The Bertz CT molecular complexity index is 840. The Kier molecular flexibility index (Phi) is 5.24. The number of ether oxygens (including phenoxy) is 2. The molecule has 0 saturated heterocycles. The number of hydrogen-bond acceptors (Lipinski definition) is 5. The maximum atomic E-state index is 12.8. The third kappa shape index (κ3) is 2.89. The van der Waals surface area contributed by atoms with Crippen LogP contribution in [0.3, 0.4) is 0 Å². The zero-order valence-electron chi connectivity index (χ0n) is 19.9. The average Bonchev–Trinajstić information content (AvgIpc) is 3.27. The second-order valence-corrected chi connectivity index (χ2v) is 11.9. The van der Waals surface area contributed by atoms with E-state index in [4.69, 9.17) is 9.47 Å². The van der Waals surface area contributed by atoms with E-state index in [0.717, 1.165) is 50.6 Å². The van der Waals surface area contributed by atoms with Gasteiger partial charge in [0.25, 0.3) is 0 Å². The van der Waals surface area contributed by atoms with Crippen molar-refractivity contribution in [3.63, 3.8) is 0 Å². The highest BCUT2D eigenvalue weighted by molar-refractivity contribution is 5.64. The maximum Gasteiger partial charge on any atom is 0.129 e. The molecule has 0 spiro atoms. The monoisotopic (exact) mass is 446 g/mol. The molecule has 1 aliphatic heterocycles. The highest BCUT2D eigenvalue weighted by Crippen LogP contribution is 2.70. The van der Waals surface area contributed by atoms with Gasteiger partial charge in [-0.25, -0.2) is 0 Å². The van der Waals surface area contributed by atoms with Crippen molar-refractivity contribution < 1.29 is 25.9 Å². The minimum Gasteiger partial charge on any atom is -0.490 e. The molecule has 180 valence electrons. The molecule has 1 unspecified atom stereocenters. The second-order valence-electron chi connectivity index (χ2n) is 11.9. The Morgan fingerprint density at radius 1 is 1.16 bits per heavy atom. The molecule has 8 atom stereocenters. The van der Waals surface area contributed by atoms with E-state index in [1.54, 1.807) is 0 Å². The van der Waals surface area contributed by atoms with Gasteiger partial charge in [0.1, 0.15) is 18.7 Å². The smallest absolute Gasteiger partial charge is 0.129 e. The SMILES string of the molecule is C=C1C=C([C@H]2CC[C@]3(O)[C@@H]4CC[C@]5(O)C[C@@H](OC(C)C)CC[C@]5(C=O)C4CC[C@]23C)CO1.[HH]. The molecule has 5 nitrogen and oxygen atoms in total. The molecule has 0 radical (unpaired) electrons. The van der Waals surface area contributed by atoms with Crippen molar-refractivity contribution >= 4 is 6.29 Å². The summed E-state index contributed by atoms with van der Waals surface area (Å²) >= 11 is 0. The van der Waals surface area contributed by atoms with Crippen molar-refractivity contribution in [2.75, 3.05) is 6.61 Å². The Hall–Kier alpha value is -1.17. The quantitative estimate of drug-likeness (QED) is 0.619. The average molecular weight is 447 g/mol. The molecule has 0 aromatic carbocycles. The first-order valence-electron chi connectivity index (χ1n) is 12.7. The molecule has 32 heavy (non-hydrogen) atoms. The fourth-order valence-electron chi connectivity index (χ4n) is 8.90. The molecule has 5 rings (SSSR count). The molecule has 5 heteroatoms. The Balaban J connectivity index is 0.00000259. The topological polar surface area (TPSA) is 76.0 Å². The van der Waals surface area contributed by atoms with Gasteiger partial charge in [0.05, 0.1) is 28.8 Å². The van der Waals surface area contributed by atoms with E-state index in [-0.39, 0.29) is 36.8 Å². The molecule has 0 amide bonds. The minimum absolute atomic E-state index is 0. The normalized spacial score (nSPS) is 50.3. The van der Waals surface area contributed by atoms with Crippen LogP contribution in [0.4, 0.5) is 0 Å². The van der Waals surface area contributed by atoms with Crippen LogP contribution in [0.1, 0.15) is 80.0 Å². The van der Waals surface area contributed by atoms with Crippen LogP contribution in [0, 0.1) is 28.6 Å². The van der Waals surface area contributed by atoms with Gasteiger partial charge >= 0.3 is 0 Å². The number of hydrogen-bond donors (Lipinski definition) is 2. The van der Waals surface area contributed by atoms with Crippen LogP contribution < -0.4 is 0 Å². The summed E-state index contributed by atoms with van der Waals surface area (Å²) in [7, 11) is 0. The molecule has 0 aromatic heterocycles. The number of fused-ring (bicyclic) bond motifs is 5. The molecule has 4 saturated carbocycles. The van der Waals surface area contributed by atoms with Crippen LogP contribution in [0.25, 0.3) is 0 Å². The first-order chi connectivity index (χ1) is 15.1. The highest BCUT2D eigenvalue weighted by Gasteiger charge is 2.71. The third-order valence-corrected chi connectivity index (χ3v) is 10.4. The fourth-order valence-corrected chi connectivity index (χ4v) is 8.90. The molecule has 4 aliphatic carbocycles. The first-order valence-corrected chi connectivity index (χ1v) is 12.7. The van der Waals surface area contributed by atoms with Gasteiger partial charge in [0.2, 0.25) is 0 Å². The molecule has 0 bridgehead atoms. The summed E-state index contributed by atoms with van der Waals surface area (Å²) in [6, 6.07) is 0. The van der Waals surface area contributed by atoms with Crippen molar-refractivity contribution in [3.8, 4) is 0 Å². The van der Waals surface area contributed by atoms with Gasteiger partial charge in [-0.3, -0.25) is 0 Å². The molecular weight excluding hydrogens is 404 g/mol. The van der Waals surface area contributed by atoms with Crippen LogP contribution in [0.2, 0.25) is 0 Å². The van der Waals surface area contributed by atoms with E-state index in [1.165, 1.54) is 5.57 Å². The summed E-state index contributed by atoms with van der Waals surface area (Å²) in [5, 5.41) is 24.2. The third-order valence-electron chi connectivity index (χ3n) is 10.4. The molecule has 2 N–H and O–H groups in total. The van der Waals surface area contributed by atoms with E-state index in [0.29, 0.717) is 25.9 Å². The maximum absolute atomic E-state index is 12.8. The van der Waals surface area contributed by atoms with Crippen LogP contribution in [0.5, 0.6) is 0 Å². The predicted molar refractivity (Wildman–Crippen MR) is 124 cm³/mol. The van der Waals surface area contributed by atoms with Gasteiger partial charge in [-0.2, -0.15) is 0 Å². The number of allylic oxidation sites excluding steroid dienone is 1. The van der Waals surface area contributed by atoms with Crippen LogP contribution in [-0.4, -0.2) is 46.5 Å². The lowest BCUT2D eigenvalue weighted by Crippen LogP contribution is -2.69. The van der Waals surface area contributed by atoms with E-state index < -0.39 is 16.6 Å². The molecule has 4 fully saturated rings. The van der Waals surface area contributed by atoms with Crippen LogP contribution in [0.15, 0.2) is 24.0 Å². The number of carbonyl (C=O) groups is 1. The van der Waals surface area contributed by atoms with Crippen LogP contribution in [-0.2, 0) is 14.3 Å². The highest BCUT2D eigenvalue weighted by atomic mass is 16.5. The van der Waals surface area contributed by atoms with E-state index >= 15 is 0 Å². The molecule has 1 heterocycles. The van der Waals surface area contributed by atoms with Gasteiger partial charge in [0.15, 0.2) is 0 Å². The van der Waals surface area contributed by atoms with Crippen molar-refractivity contribution in [2.24, 2.45) is 28.6 Å². The summed E-state index contributed by atoms with van der Waals surface area (Å²) in [6.45, 7) is 10.8. The first kappa shape index (κ1) is 22.6. The standard InChI is InChI=1S/C27H40O5.H2/c1-17(2)32-20-5-10-25(16-28)22-6-9-24(4)21(19-13-18(3)31-15-19)8-12-27(24,30)23(22)7-11-26(25,29)14-20;/h13,16-17,20-23,29-30H,3,5-12,14-15H2,1-2,4H3;1H/t20-,21+,22?,23+,24+,25-,26-,27-;/m0./s1. The summed E-state index contributed by atoms with van der Waals surface area (Å²) in [6.07, 6.45) is 10.0. The summed E-state index contributed by atoms with van der Waals surface area (Å²) < 4.78 is 11.7. The van der Waals surface area contributed by atoms with E-state index in [2.05, 4.69) is 19.6 Å². The predicted octanol–water partition coefficient (Wildman–Crippen LogP) is 4.56. The lowest BCUT2D eigenvalue weighted by Gasteiger charge is -2.65. The van der Waals surface area contributed by atoms with Gasteiger partial charge in [-0.1, -0.05) is 13.5 Å². The number of aliphatic hydroxyl groups is 2. The molecule has 5 aliphatic rings. The second kappa shape index (κ2) is 7.41. The number of rotatable bonds is 4. The van der Waals surface area contributed by atoms with Gasteiger partial charge in [-0.15, -0.1) is 0 Å². The summed E-state index contributed by atoms with van der Waals surface area (Å²) in [5.74, 6) is 1.08. The Morgan fingerprint density at radius 2 is 1.91 bits per heavy atom. The Labute approximate surface area is 193 Å². The van der Waals surface area contributed by atoms with Crippen molar-refractivity contribution in [1.82, 2.24) is 0 Å². The fraction of sp³-hybridized carbons (Fsp3) is 0.815. The van der Waals surface area contributed by atoms with Crippen molar-refractivity contribution in [1.29, 1.82) is 0 Å². The summed E-state index contributed by atoms with van der Waals surface area (Å²) in [4.78, 5) is 12.8. The van der Waals surface area contributed by atoms with Gasteiger partial charge in [0, 0.05) is 13.3 Å². The van der Waals surface area contributed by atoms with Crippen molar-refractivity contribution in [3.05, 3.63) is 24.0 Å². The van der Waals surface area contributed by atoms with Gasteiger partial charge in [-0.05, 0) is 94.6 Å². The molecular formula is C27H42O5. The van der Waals surface area contributed by atoms with Crippen LogP contribution >= 0.6 is 0 Å². The lowest BCUT2D eigenvalue weighted by atomic mass is 9.41. The van der Waals surface area contributed by atoms with E-state index in [9.17, 15) is 15.0 Å². The number of aldehydes is 1. The van der Waals surface area contributed by atoms with Gasteiger partial charge < -0.3 is 24.5 Å². The largest absolute Gasteiger partial charge is 0.490 e. The lowest BCUT2D eigenvalue weighted by molar-refractivity contribution is -0.252. The summed E-state index contributed by atoms with van der Waals surface area (Å²) in [5.41, 5.74) is -1.59.